The summed E-state index contributed by atoms with van der Waals surface area (Å²) in [5.74, 6) is -0.730. The molecule has 0 radical (unpaired) electrons. The highest BCUT2D eigenvalue weighted by atomic mass is 127. The van der Waals surface area contributed by atoms with Crippen LogP contribution in [0.2, 0.25) is 44.3 Å². The Kier molecular flexibility index (Phi) is 12.2. The Hall–Kier alpha value is -2.89. The summed E-state index contributed by atoms with van der Waals surface area (Å²) in [7, 11) is -3.57. The predicted octanol–water partition coefficient (Wildman–Crippen LogP) is 8.24. The fourth-order valence-electron chi connectivity index (χ4n) is 5.07. The van der Waals surface area contributed by atoms with Gasteiger partial charge in [0.1, 0.15) is 30.2 Å². The molecule has 3 aromatic carbocycles. The molecule has 0 aliphatic rings. The summed E-state index contributed by atoms with van der Waals surface area (Å²) >= 11 is 8.56. The number of nitrogens with zero attached hydrogens (tertiary/aromatic N) is 1. The molecule has 252 valence electrons. The number of carbonyl (C=O) groups is 1. The van der Waals surface area contributed by atoms with E-state index in [1.165, 1.54) is 0 Å². The third-order valence-corrected chi connectivity index (χ3v) is 10.3. The number of aromatic hydroxyl groups is 1. The largest absolute Gasteiger partial charge is 0.493 e. The molecule has 0 unspecified atom stereocenters. The van der Waals surface area contributed by atoms with E-state index in [0.29, 0.717) is 35.2 Å². The number of carbonyl (C=O) groups excluding carboxylic acids is 1. The third kappa shape index (κ3) is 10.3. The smallest absolute Gasteiger partial charge is 0.329 e. The molecule has 3 N–H and O–H groups in total. The van der Waals surface area contributed by atoms with E-state index < -0.39 is 40.2 Å². The molecule has 9 nitrogen and oxygen atoms in total. The SMILES string of the molecule is C[C@@H](c1ccccc1)[C@@H](C(=O)Nc1ccc(I)cc1Cl)n1c(O)c(-c2ccc(OC[C@@H](CO[Si](C)(C)C)O[Si](C)(C)C)cc2)[nH]c1=O. The van der Waals surface area contributed by atoms with Crippen molar-refractivity contribution in [3.05, 3.63) is 97.4 Å². The van der Waals surface area contributed by atoms with Crippen LogP contribution in [0.5, 0.6) is 11.6 Å². The van der Waals surface area contributed by atoms with Crippen molar-refractivity contribution in [1.29, 1.82) is 0 Å². The first-order valence-corrected chi connectivity index (χ1v) is 23.7. The van der Waals surface area contributed by atoms with E-state index in [1.54, 1.807) is 36.4 Å². The number of hydrogen-bond acceptors (Lipinski definition) is 6. The molecule has 3 atom stereocenters. The fourth-order valence-corrected chi connectivity index (χ4v) is 7.79. The van der Waals surface area contributed by atoms with Crippen molar-refractivity contribution in [3.63, 3.8) is 0 Å². The lowest BCUT2D eigenvalue weighted by molar-refractivity contribution is -0.120. The molecule has 0 saturated carbocycles. The van der Waals surface area contributed by atoms with Gasteiger partial charge in [0.2, 0.25) is 11.8 Å². The Balaban J connectivity index is 1.60. The van der Waals surface area contributed by atoms with Crippen LogP contribution in [0.3, 0.4) is 0 Å². The summed E-state index contributed by atoms with van der Waals surface area (Å²) < 4.78 is 20.5. The number of aromatic nitrogens is 2. The van der Waals surface area contributed by atoms with E-state index in [2.05, 4.69) is 72.2 Å². The molecule has 0 bridgehead atoms. The van der Waals surface area contributed by atoms with Crippen LogP contribution in [-0.2, 0) is 13.6 Å². The van der Waals surface area contributed by atoms with Crippen LogP contribution in [0, 0.1) is 3.57 Å². The van der Waals surface area contributed by atoms with Crippen molar-refractivity contribution in [1.82, 2.24) is 9.55 Å². The average molecular weight is 808 g/mol. The average Bonchev–Trinajstić information content (AvgIpc) is 3.29. The van der Waals surface area contributed by atoms with Crippen molar-refractivity contribution >= 4 is 62.4 Å². The molecule has 1 amide bonds. The molecule has 0 fully saturated rings. The van der Waals surface area contributed by atoms with Crippen LogP contribution in [0.1, 0.15) is 24.4 Å². The van der Waals surface area contributed by atoms with E-state index in [0.717, 1.165) is 13.7 Å². The first-order chi connectivity index (χ1) is 22.0. The van der Waals surface area contributed by atoms with Gasteiger partial charge in [-0.3, -0.25) is 4.79 Å². The number of ether oxygens (including phenoxy) is 1. The number of hydrogen-bond donors (Lipinski definition) is 3. The van der Waals surface area contributed by atoms with Gasteiger partial charge < -0.3 is 29.0 Å². The zero-order chi connectivity index (χ0) is 34.5. The molecular weight excluding hydrogens is 765 g/mol. The van der Waals surface area contributed by atoms with Gasteiger partial charge in [0.25, 0.3) is 0 Å². The van der Waals surface area contributed by atoms with Gasteiger partial charge in [0, 0.05) is 15.1 Å². The Morgan fingerprint density at radius 3 is 2.23 bits per heavy atom. The van der Waals surface area contributed by atoms with Crippen LogP contribution >= 0.6 is 34.2 Å². The molecule has 0 saturated heterocycles. The monoisotopic (exact) mass is 807 g/mol. The van der Waals surface area contributed by atoms with Gasteiger partial charge in [-0.05, 0) is 110 Å². The lowest BCUT2D eigenvalue weighted by Gasteiger charge is -2.29. The highest BCUT2D eigenvalue weighted by molar-refractivity contribution is 14.1. The van der Waals surface area contributed by atoms with E-state index >= 15 is 0 Å². The number of amides is 1. The molecule has 13 heteroatoms. The van der Waals surface area contributed by atoms with Gasteiger partial charge in [-0.15, -0.1) is 0 Å². The quantitative estimate of drug-likeness (QED) is 0.0874. The van der Waals surface area contributed by atoms with Crippen molar-refractivity contribution in [2.75, 3.05) is 18.5 Å². The van der Waals surface area contributed by atoms with E-state index in [1.807, 2.05) is 43.3 Å². The standard InChI is InChI=1S/C34H43ClIN3O6Si2/c1-22(23-11-9-8-10-12-23)31(32(40)37-29-18-15-25(36)19-28(29)35)39-33(41)30(38-34(39)42)24-13-16-26(17-14-24)43-20-27(45-47(5,6)7)21-44-46(2,3)4/h8-19,22,27,31,41H,20-21H2,1-7H3,(H,37,40)(H,38,42)/t22-,27-,31-/m0/s1. The Morgan fingerprint density at radius 2 is 1.64 bits per heavy atom. The van der Waals surface area contributed by atoms with Crippen LogP contribution < -0.4 is 15.7 Å². The number of H-pyrrole nitrogens is 1. The van der Waals surface area contributed by atoms with Gasteiger partial charge >= 0.3 is 5.69 Å². The summed E-state index contributed by atoms with van der Waals surface area (Å²) in [4.78, 5) is 30.1. The van der Waals surface area contributed by atoms with Gasteiger partial charge in [0.05, 0.1) is 17.3 Å². The lowest BCUT2D eigenvalue weighted by Crippen LogP contribution is -2.40. The predicted molar refractivity (Wildman–Crippen MR) is 202 cm³/mol. The van der Waals surface area contributed by atoms with Gasteiger partial charge in [-0.25, -0.2) is 9.36 Å². The Labute approximate surface area is 297 Å². The van der Waals surface area contributed by atoms with Crippen LogP contribution in [0.4, 0.5) is 5.69 Å². The number of nitrogens with one attached hydrogen (secondary N) is 2. The first kappa shape index (κ1) is 36.9. The zero-order valence-corrected chi connectivity index (χ0v) is 32.7. The molecule has 47 heavy (non-hydrogen) atoms. The van der Waals surface area contributed by atoms with E-state index in [-0.39, 0.29) is 17.7 Å². The van der Waals surface area contributed by atoms with Gasteiger partial charge in [-0.2, -0.15) is 0 Å². The molecule has 0 aliphatic heterocycles. The summed E-state index contributed by atoms with van der Waals surface area (Å²) in [6.07, 6.45) is -0.202. The molecular formula is C34H43ClIN3O6Si2. The maximum Gasteiger partial charge on any atom is 0.329 e. The van der Waals surface area contributed by atoms with E-state index in [4.69, 9.17) is 25.2 Å². The number of imidazole rings is 1. The summed E-state index contributed by atoms with van der Waals surface area (Å²) in [5, 5.41) is 14.7. The molecule has 4 aromatic rings. The topological polar surface area (TPSA) is 115 Å². The molecule has 1 aromatic heterocycles. The second-order valence-electron chi connectivity index (χ2n) is 13.4. The fraction of sp³-hybridized carbons (Fsp3) is 0.353. The highest BCUT2D eigenvalue weighted by Gasteiger charge is 2.34. The second kappa shape index (κ2) is 15.6. The lowest BCUT2D eigenvalue weighted by atomic mass is 9.92. The molecule has 0 aliphatic carbocycles. The maximum atomic E-state index is 13.9. The van der Waals surface area contributed by atoms with Crippen molar-refractivity contribution in [2.24, 2.45) is 0 Å². The Bertz CT molecular complexity index is 1720. The second-order valence-corrected chi connectivity index (χ2v) is 24.0. The van der Waals surface area contributed by atoms with Crippen LogP contribution in [0.15, 0.2) is 77.6 Å². The normalized spacial score (nSPS) is 14.0. The number of anilines is 1. The summed E-state index contributed by atoms with van der Waals surface area (Å²) in [6, 6.07) is 20.6. The number of aromatic amines is 1. The van der Waals surface area contributed by atoms with Gasteiger partial charge in [-0.1, -0.05) is 48.9 Å². The van der Waals surface area contributed by atoms with Crippen molar-refractivity contribution in [2.45, 2.75) is 64.3 Å². The number of rotatable bonds is 14. The van der Waals surface area contributed by atoms with Crippen LogP contribution in [0.25, 0.3) is 11.3 Å². The summed E-state index contributed by atoms with van der Waals surface area (Å²) in [6.45, 7) is 15.5. The zero-order valence-electron chi connectivity index (χ0n) is 27.8. The Morgan fingerprint density at radius 1 is 0.979 bits per heavy atom. The number of benzene rings is 3. The minimum absolute atomic E-state index is 0.190. The number of halogens is 2. The van der Waals surface area contributed by atoms with Crippen LogP contribution in [-0.4, -0.2) is 56.5 Å². The summed E-state index contributed by atoms with van der Waals surface area (Å²) in [5.41, 5.74) is 1.35. The molecule has 0 spiro atoms. The first-order valence-electron chi connectivity index (χ1n) is 15.4. The minimum atomic E-state index is -1.84. The van der Waals surface area contributed by atoms with Gasteiger partial charge in [0.15, 0.2) is 16.6 Å². The maximum absolute atomic E-state index is 13.9. The highest BCUT2D eigenvalue weighted by Crippen LogP contribution is 2.36. The minimum Gasteiger partial charge on any atom is -0.493 e. The molecule has 1 heterocycles. The molecule has 4 rings (SSSR count). The van der Waals surface area contributed by atoms with Crippen molar-refractivity contribution in [3.8, 4) is 22.9 Å². The third-order valence-electron chi connectivity index (χ3n) is 7.24. The van der Waals surface area contributed by atoms with Crippen molar-refractivity contribution < 1.29 is 23.5 Å². The van der Waals surface area contributed by atoms with E-state index in [9.17, 15) is 14.7 Å².